The molecule has 1 nitrogen and oxygen atoms in total. The van der Waals surface area contributed by atoms with Gasteiger partial charge < -0.3 is 0 Å². The minimum atomic E-state index is 0. The van der Waals surface area contributed by atoms with Gasteiger partial charge in [0.15, 0.2) is 0 Å². The van der Waals surface area contributed by atoms with Gasteiger partial charge in [-0.05, 0) is 57.8 Å². The Morgan fingerprint density at radius 3 is 1.56 bits per heavy atom. The average Bonchev–Trinajstić information content (AvgIpc) is 2.92. The predicted octanol–water partition coefficient (Wildman–Crippen LogP) is 2.64. The Morgan fingerprint density at radius 1 is 0.875 bits per heavy atom. The topological polar surface area (TPSA) is 17.1 Å². The molecule has 2 fully saturated rings. The summed E-state index contributed by atoms with van der Waals surface area (Å²) in [5, 5.41) is 0. The maximum atomic E-state index is 11.2. The maximum Gasteiger partial charge on any atom is 2.00 e. The summed E-state index contributed by atoms with van der Waals surface area (Å²) in [5.74, 6) is 1.17. The van der Waals surface area contributed by atoms with E-state index in [4.69, 9.17) is 0 Å². The number of carbonyl (C=O) groups is 1. The van der Waals surface area contributed by atoms with Crippen LogP contribution < -0.4 is 0 Å². The first-order valence-electron chi connectivity index (χ1n) is 5.14. The van der Waals surface area contributed by atoms with E-state index in [1.807, 2.05) is 71.6 Å². The zero-order valence-corrected chi connectivity index (χ0v) is 10.6. The van der Waals surface area contributed by atoms with Crippen LogP contribution >= 0.6 is 0 Å². The number of rotatable bonds is 2. The van der Waals surface area contributed by atoms with Crippen molar-refractivity contribution in [3.05, 3.63) is 63.7 Å². The van der Waals surface area contributed by atoms with Gasteiger partial charge in [0.25, 0.3) is 0 Å². The van der Waals surface area contributed by atoms with Crippen LogP contribution in [0.3, 0.4) is 0 Å². The van der Waals surface area contributed by atoms with Gasteiger partial charge in [0.1, 0.15) is 5.78 Å². The molecule has 2 aliphatic carbocycles. The zero-order chi connectivity index (χ0) is 11.1. The van der Waals surface area contributed by atoms with Crippen LogP contribution in [-0.2, 0) is 21.9 Å². The van der Waals surface area contributed by atoms with Crippen molar-refractivity contribution >= 4 is 5.78 Å². The molecule has 0 aromatic rings. The molecule has 0 aromatic carbocycles. The maximum absolute atomic E-state index is 11.2. The standard InChI is InChI=1S/C9H11O.C5H5.Fe/c1-7(2)9(10)8-5-3-4-6-8;1-2-4-5-3-1;/h3-7H,1-2H3;1-5H;/q;;+2. The van der Waals surface area contributed by atoms with E-state index in [0.29, 0.717) is 0 Å². The number of hydrogen-bond acceptors (Lipinski definition) is 1. The van der Waals surface area contributed by atoms with Crippen LogP contribution in [0.1, 0.15) is 13.8 Å². The molecule has 0 unspecified atom stereocenters. The van der Waals surface area contributed by atoms with Crippen molar-refractivity contribution in [3.8, 4) is 0 Å². The molecule has 0 heterocycles. The molecule has 2 saturated carbocycles. The largest absolute Gasteiger partial charge is 2.00 e. The van der Waals surface area contributed by atoms with E-state index in [2.05, 4.69) is 0 Å². The molecular weight excluding hydrogens is 240 g/mol. The summed E-state index contributed by atoms with van der Waals surface area (Å²) in [5.41, 5.74) is 0. The fourth-order valence-corrected chi connectivity index (χ4v) is 1.19. The Hall–Kier alpha value is 0.189. The van der Waals surface area contributed by atoms with E-state index < -0.39 is 0 Å². The Morgan fingerprint density at radius 2 is 1.25 bits per heavy atom. The van der Waals surface area contributed by atoms with Crippen LogP contribution in [0.2, 0.25) is 0 Å². The SMILES string of the molecule is CC(C)C(=O)[C]1[CH][CH][CH][CH]1.[CH]1[CH][CH][CH][CH]1.[Fe+2]. The molecule has 2 heteroatoms. The van der Waals surface area contributed by atoms with Crippen molar-refractivity contribution in [3.63, 3.8) is 0 Å². The van der Waals surface area contributed by atoms with Crippen LogP contribution in [0, 0.1) is 69.6 Å². The zero-order valence-electron chi connectivity index (χ0n) is 9.54. The third-order valence-corrected chi connectivity index (χ3v) is 2.03. The molecule has 0 aromatic heterocycles. The Balaban J connectivity index is 0.000000318. The molecule has 10 radical (unpaired) electrons. The van der Waals surface area contributed by atoms with Gasteiger partial charge in [-0.2, -0.15) is 0 Å². The van der Waals surface area contributed by atoms with Gasteiger partial charge in [-0.15, -0.1) is 0 Å². The van der Waals surface area contributed by atoms with E-state index in [1.54, 1.807) is 0 Å². The summed E-state index contributed by atoms with van der Waals surface area (Å²) in [6, 6.07) is 0. The van der Waals surface area contributed by atoms with Gasteiger partial charge in [0.05, 0.1) is 0 Å². The molecule has 0 amide bonds. The quantitative estimate of drug-likeness (QED) is 0.694. The molecule has 0 N–H and O–H groups in total. The number of ketones is 1. The second-order valence-corrected chi connectivity index (χ2v) is 3.65. The van der Waals surface area contributed by atoms with Crippen molar-refractivity contribution < 1.29 is 21.9 Å². The molecule has 2 aliphatic rings. The van der Waals surface area contributed by atoms with Gasteiger partial charge in [-0.25, -0.2) is 0 Å². The van der Waals surface area contributed by atoms with Gasteiger partial charge >= 0.3 is 17.1 Å². The van der Waals surface area contributed by atoms with Crippen LogP contribution in [0.4, 0.5) is 0 Å². The number of hydrogen-bond donors (Lipinski definition) is 0. The van der Waals surface area contributed by atoms with Crippen LogP contribution in [0.15, 0.2) is 0 Å². The summed E-state index contributed by atoms with van der Waals surface area (Å²) >= 11 is 0. The Kier molecular flexibility index (Phi) is 9.35. The van der Waals surface area contributed by atoms with E-state index in [0.717, 1.165) is 5.92 Å². The molecule has 0 saturated heterocycles. The Bertz CT molecular complexity index is 172. The Labute approximate surface area is 111 Å². The molecule has 0 bridgehead atoms. The first-order chi connectivity index (χ1) is 7.22. The van der Waals surface area contributed by atoms with Crippen LogP contribution in [0.25, 0.3) is 0 Å². The fourth-order valence-electron chi connectivity index (χ4n) is 1.19. The predicted molar refractivity (Wildman–Crippen MR) is 61.8 cm³/mol. The summed E-state index contributed by atoms with van der Waals surface area (Å²) < 4.78 is 0. The summed E-state index contributed by atoms with van der Waals surface area (Å²) in [4.78, 5) is 11.2. The second-order valence-electron chi connectivity index (χ2n) is 3.65. The third-order valence-electron chi connectivity index (χ3n) is 2.03. The van der Waals surface area contributed by atoms with Crippen molar-refractivity contribution in [2.75, 3.05) is 0 Å². The van der Waals surface area contributed by atoms with E-state index in [9.17, 15) is 4.79 Å². The number of carbonyl (C=O) groups excluding carboxylic acids is 1. The summed E-state index contributed by atoms with van der Waals surface area (Å²) in [6.45, 7) is 3.82. The van der Waals surface area contributed by atoms with Crippen LogP contribution in [-0.4, -0.2) is 5.78 Å². The van der Waals surface area contributed by atoms with Crippen molar-refractivity contribution in [1.82, 2.24) is 0 Å². The van der Waals surface area contributed by atoms with E-state index in [1.165, 1.54) is 0 Å². The molecule has 0 spiro atoms. The summed E-state index contributed by atoms with van der Waals surface area (Å²) in [7, 11) is 0. The second kappa shape index (κ2) is 9.24. The fraction of sp³-hybridized carbons (Fsp3) is 0.214. The molecule has 84 valence electrons. The first-order valence-corrected chi connectivity index (χ1v) is 5.14. The van der Waals surface area contributed by atoms with Gasteiger partial charge in [-0.1, -0.05) is 13.8 Å². The van der Waals surface area contributed by atoms with Crippen LogP contribution in [0.5, 0.6) is 0 Å². The first kappa shape index (κ1) is 16.2. The minimum absolute atomic E-state index is 0. The van der Waals surface area contributed by atoms with Crippen molar-refractivity contribution in [2.45, 2.75) is 13.8 Å². The van der Waals surface area contributed by atoms with Gasteiger partial charge in [-0.3, -0.25) is 4.79 Å². The smallest absolute Gasteiger partial charge is 0.299 e. The molecule has 16 heavy (non-hydrogen) atoms. The molecule has 2 rings (SSSR count). The van der Waals surface area contributed by atoms with E-state index in [-0.39, 0.29) is 28.8 Å². The molecule has 0 atom stereocenters. The molecule has 0 aliphatic heterocycles. The van der Waals surface area contributed by atoms with Gasteiger partial charge in [0.2, 0.25) is 0 Å². The van der Waals surface area contributed by atoms with Gasteiger partial charge in [0, 0.05) is 11.8 Å². The average molecular weight is 256 g/mol. The van der Waals surface area contributed by atoms with Crippen molar-refractivity contribution in [1.29, 1.82) is 0 Å². The third kappa shape index (κ3) is 6.06. The normalized spacial score (nSPS) is 20.2. The van der Waals surface area contributed by atoms with Crippen molar-refractivity contribution in [2.24, 2.45) is 5.92 Å². The molecular formula is C14H16FeO+2. The number of Topliss-reactive ketones (excluding diaryl/α,β-unsaturated/α-hetero) is 1. The van der Waals surface area contributed by atoms with E-state index >= 15 is 0 Å². The monoisotopic (exact) mass is 256 g/mol. The minimum Gasteiger partial charge on any atom is -0.299 e. The summed E-state index contributed by atoms with van der Waals surface area (Å²) in [6.07, 6.45) is 17.5.